The van der Waals surface area contributed by atoms with Crippen molar-refractivity contribution in [1.82, 2.24) is 5.32 Å². The van der Waals surface area contributed by atoms with Gasteiger partial charge >= 0.3 is 5.97 Å². The number of esters is 1. The number of hydrogen-bond donors (Lipinski definition) is 1. The van der Waals surface area contributed by atoms with Gasteiger partial charge in [-0.1, -0.05) is 20.3 Å². The average molecular weight is 297 g/mol. The molecule has 0 aliphatic rings. The van der Waals surface area contributed by atoms with Gasteiger partial charge in [0.1, 0.15) is 11.6 Å². The molecule has 0 aliphatic carbocycles. The van der Waals surface area contributed by atoms with Crippen LogP contribution in [-0.2, 0) is 16.1 Å². The van der Waals surface area contributed by atoms with E-state index in [2.05, 4.69) is 5.32 Å². The van der Waals surface area contributed by atoms with Gasteiger partial charge in [-0.3, -0.25) is 0 Å². The molecule has 0 aromatic heterocycles. The molecule has 21 heavy (non-hydrogen) atoms. The highest BCUT2D eigenvalue weighted by Crippen LogP contribution is 2.22. The zero-order chi connectivity index (χ0) is 15.7. The zero-order valence-corrected chi connectivity index (χ0v) is 12.9. The molecule has 1 atom stereocenters. The van der Waals surface area contributed by atoms with Gasteiger partial charge in [0.2, 0.25) is 0 Å². The summed E-state index contributed by atoms with van der Waals surface area (Å²) in [5.41, 5.74) is 0.697. The van der Waals surface area contributed by atoms with Gasteiger partial charge in [-0.2, -0.15) is 0 Å². The summed E-state index contributed by atoms with van der Waals surface area (Å²) in [7, 11) is 0. The number of nitrogens with one attached hydrogen (secondary N) is 1. The van der Waals surface area contributed by atoms with Crippen molar-refractivity contribution in [2.24, 2.45) is 0 Å². The van der Waals surface area contributed by atoms with Crippen molar-refractivity contribution in [1.29, 1.82) is 0 Å². The lowest BCUT2D eigenvalue weighted by atomic mass is 10.1. The van der Waals surface area contributed by atoms with Gasteiger partial charge in [0.25, 0.3) is 0 Å². The van der Waals surface area contributed by atoms with Crippen LogP contribution in [0, 0.1) is 5.82 Å². The van der Waals surface area contributed by atoms with E-state index in [1.807, 2.05) is 13.8 Å². The van der Waals surface area contributed by atoms with Gasteiger partial charge in [0.15, 0.2) is 6.10 Å². The molecule has 1 aromatic rings. The van der Waals surface area contributed by atoms with Gasteiger partial charge in [0.05, 0.1) is 6.61 Å². The normalized spacial score (nSPS) is 12.0. The van der Waals surface area contributed by atoms with Crippen molar-refractivity contribution in [3.63, 3.8) is 0 Å². The molecule has 0 radical (unpaired) electrons. The van der Waals surface area contributed by atoms with Crippen molar-refractivity contribution >= 4 is 5.97 Å². The molecule has 0 saturated heterocycles. The smallest absolute Gasteiger partial charge is 0.347 e. The number of hydrogen-bond acceptors (Lipinski definition) is 4. The fourth-order valence-electron chi connectivity index (χ4n) is 1.94. The van der Waals surface area contributed by atoms with Crippen LogP contribution in [0.1, 0.15) is 39.2 Å². The first kappa shape index (κ1) is 17.4. The summed E-state index contributed by atoms with van der Waals surface area (Å²) < 4.78 is 24.2. The maximum atomic E-state index is 13.4. The molecule has 0 amide bonds. The van der Waals surface area contributed by atoms with E-state index in [-0.39, 0.29) is 11.8 Å². The van der Waals surface area contributed by atoms with Crippen molar-refractivity contribution in [3.8, 4) is 5.75 Å². The first-order valence-electron chi connectivity index (χ1n) is 7.44. The molecule has 1 unspecified atom stereocenters. The van der Waals surface area contributed by atoms with Crippen LogP contribution in [-0.4, -0.2) is 25.2 Å². The van der Waals surface area contributed by atoms with Crippen LogP contribution in [0.4, 0.5) is 4.39 Å². The lowest BCUT2D eigenvalue weighted by Crippen LogP contribution is -2.30. The van der Waals surface area contributed by atoms with E-state index in [0.717, 1.165) is 13.0 Å². The molecule has 0 spiro atoms. The van der Waals surface area contributed by atoms with E-state index in [9.17, 15) is 9.18 Å². The molecule has 0 aliphatic heterocycles. The number of benzene rings is 1. The van der Waals surface area contributed by atoms with Crippen LogP contribution in [0.25, 0.3) is 0 Å². The van der Waals surface area contributed by atoms with Gasteiger partial charge in [-0.25, -0.2) is 9.18 Å². The first-order chi connectivity index (χ1) is 10.1. The summed E-state index contributed by atoms with van der Waals surface area (Å²) in [4.78, 5) is 11.9. The van der Waals surface area contributed by atoms with E-state index in [0.29, 0.717) is 30.9 Å². The summed E-state index contributed by atoms with van der Waals surface area (Å²) in [6, 6.07) is 4.31. The fraction of sp³-hybridized carbons (Fsp3) is 0.562. The molecular weight excluding hydrogens is 273 g/mol. The van der Waals surface area contributed by atoms with Crippen molar-refractivity contribution in [2.45, 2.75) is 46.3 Å². The molecule has 0 bridgehead atoms. The third-order valence-corrected chi connectivity index (χ3v) is 2.96. The lowest BCUT2D eigenvalue weighted by molar-refractivity contribution is -0.151. The predicted molar refractivity (Wildman–Crippen MR) is 79.7 cm³/mol. The molecule has 1 rings (SSSR count). The fourth-order valence-corrected chi connectivity index (χ4v) is 1.94. The number of carbonyl (C=O) groups excluding carboxylic acids is 1. The largest absolute Gasteiger partial charge is 0.478 e. The highest BCUT2D eigenvalue weighted by Gasteiger charge is 2.22. The number of rotatable bonds is 9. The Bertz CT molecular complexity index is 451. The minimum atomic E-state index is -0.652. The second kappa shape index (κ2) is 9.34. The highest BCUT2D eigenvalue weighted by molar-refractivity contribution is 5.75. The quantitative estimate of drug-likeness (QED) is 0.712. The second-order valence-electron chi connectivity index (χ2n) is 4.68. The SMILES string of the molecule is CCCC(Oc1ccc(F)cc1CNCC)C(=O)OCC. The Hall–Kier alpha value is -1.62. The van der Waals surface area contributed by atoms with E-state index in [4.69, 9.17) is 9.47 Å². The van der Waals surface area contributed by atoms with E-state index < -0.39 is 6.10 Å². The summed E-state index contributed by atoms with van der Waals surface area (Å²) in [5, 5.41) is 3.13. The Morgan fingerprint density at radius 2 is 2.10 bits per heavy atom. The second-order valence-corrected chi connectivity index (χ2v) is 4.68. The minimum absolute atomic E-state index is 0.316. The monoisotopic (exact) mass is 297 g/mol. The van der Waals surface area contributed by atoms with E-state index in [1.54, 1.807) is 13.0 Å². The number of carbonyl (C=O) groups is 1. The molecule has 1 N–H and O–H groups in total. The molecule has 0 heterocycles. The number of ether oxygens (including phenoxy) is 2. The van der Waals surface area contributed by atoms with Crippen LogP contribution in [0.15, 0.2) is 18.2 Å². The average Bonchev–Trinajstić information content (AvgIpc) is 2.47. The standard InChI is InChI=1S/C16H24FNO3/c1-4-7-15(16(19)20-6-3)21-14-9-8-13(17)10-12(14)11-18-5-2/h8-10,15,18H,4-7,11H2,1-3H3. The van der Waals surface area contributed by atoms with Gasteiger partial charge < -0.3 is 14.8 Å². The highest BCUT2D eigenvalue weighted by atomic mass is 19.1. The van der Waals surface area contributed by atoms with Crippen LogP contribution in [0.5, 0.6) is 5.75 Å². The summed E-state index contributed by atoms with van der Waals surface area (Å²) in [5.74, 6) is -0.180. The Balaban J connectivity index is 2.88. The minimum Gasteiger partial charge on any atom is -0.478 e. The van der Waals surface area contributed by atoms with Crippen LogP contribution in [0.3, 0.4) is 0 Å². The topological polar surface area (TPSA) is 47.6 Å². The van der Waals surface area contributed by atoms with Gasteiger partial charge in [-0.15, -0.1) is 0 Å². The molecular formula is C16H24FNO3. The van der Waals surface area contributed by atoms with E-state index in [1.165, 1.54) is 12.1 Å². The maximum absolute atomic E-state index is 13.4. The van der Waals surface area contributed by atoms with Crippen LogP contribution in [0.2, 0.25) is 0 Å². The lowest BCUT2D eigenvalue weighted by Gasteiger charge is -2.19. The Morgan fingerprint density at radius 1 is 1.33 bits per heavy atom. The van der Waals surface area contributed by atoms with Crippen molar-refractivity contribution < 1.29 is 18.7 Å². The van der Waals surface area contributed by atoms with Gasteiger partial charge in [-0.05, 0) is 38.1 Å². The first-order valence-corrected chi connectivity index (χ1v) is 7.44. The number of halogens is 1. The van der Waals surface area contributed by atoms with E-state index >= 15 is 0 Å². The molecule has 0 fully saturated rings. The third-order valence-electron chi connectivity index (χ3n) is 2.96. The molecule has 5 heteroatoms. The van der Waals surface area contributed by atoms with Gasteiger partial charge in [0, 0.05) is 12.1 Å². The third kappa shape index (κ3) is 5.71. The summed E-state index contributed by atoms with van der Waals surface area (Å²) in [6.45, 7) is 7.28. The zero-order valence-electron chi connectivity index (χ0n) is 12.9. The molecule has 4 nitrogen and oxygen atoms in total. The van der Waals surface area contributed by atoms with Crippen molar-refractivity contribution in [2.75, 3.05) is 13.2 Å². The Kier molecular flexibility index (Phi) is 7.75. The Morgan fingerprint density at radius 3 is 2.71 bits per heavy atom. The maximum Gasteiger partial charge on any atom is 0.347 e. The Labute approximate surface area is 125 Å². The van der Waals surface area contributed by atoms with Crippen LogP contribution >= 0.6 is 0 Å². The molecule has 1 aromatic carbocycles. The predicted octanol–water partition coefficient (Wildman–Crippen LogP) is 3.05. The summed E-state index contributed by atoms with van der Waals surface area (Å²) in [6.07, 6.45) is 0.713. The molecule has 0 saturated carbocycles. The van der Waals surface area contributed by atoms with Crippen LogP contribution < -0.4 is 10.1 Å². The molecule has 118 valence electrons. The van der Waals surface area contributed by atoms with Crippen molar-refractivity contribution in [3.05, 3.63) is 29.6 Å². The summed E-state index contributed by atoms with van der Waals surface area (Å²) >= 11 is 0.